The van der Waals surface area contributed by atoms with Crippen LogP contribution >= 0.6 is 0 Å². The van der Waals surface area contributed by atoms with E-state index in [9.17, 15) is 4.39 Å². The lowest BCUT2D eigenvalue weighted by molar-refractivity contribution is 0.156. The average molecular weight is 238 g/mol. The van der Waals surface area contributed by atoms with E-state index in [1.165, 1.54) is 11.6 Å². The van der Waals surface area contributed by atoms with Crippen molar-refractivity contribution >= 4 is 0 Å². The number of benzene rings is 1. The van der Waals surface area contributed by atoms with Gasteiger partial charge in [0, 0.05) is 39.4 Å². The number of ether oxygens (including phenoxy) is 1. The van der Waals surface area contributed by atoms with E-state index in [1.807, 2.05) is 6.07 Å². The van der Waals surface area contributed by atoms with Crippen LogP contribution in [0.1, 0.15) is 23.6 Å². The highest BCUT2D eigenvalue weighted by atomic mass is 19.1. The maximum Gasteiger partial charge on any atom is 0.123 e. The zero-order valence-electron chi connectivity index (χ0n) is 10.2. The summed E-state index contributed by atoms with van der Waals surface area (Å²) in [5.41, 5.74) is 8.04. The molecule has 2 rings (SSSR count). The third-order valence-electron chi connectivity index (χ3n) is 3.30. The Morgan fingerprint density at radius 1 is 1.53 bits per heavy atom. The van der Waals surface area contributed by atoms with Crippen molar-refractivity contribution in [1.82, 2.24) is 4.90 Å². The number of fused-ring (bicyclic) bond motifs is 1. The van der Waals surface area contributed by atoms with Crippen LogP contribution in [0.5, 0.6) is 0 Å². The SMILES string of the molecule is COCCCN1Cc2ccc(F)cc2C1CN. The molecule has 0 fully saturated rings. The minimum atomic E-state index is -0.180. The van der Waals surface area contributed by atoms with Gasteiger partial charge < -0.3 is 10.5 Å². The summed E-state index contributed by atoms with van der Waals surface area (Å²) in [6.45, 7) is 3.08. The molecule has 0 saturated heterocycles. The van der Waals surface area contributed by atoms with E-state index < -0.39 is 0 Å². The predicted molar refractivity (Wildman–Crippen MR) is 65.1 cm³/mol. The fourth-order valence-electron chi connectivity index (χ4n) is 2.47. The van der Waals surface area contributed by atoms with Gasteiger partial charge in [0.05, 0.1) is 0 Å². The molecule has 0 bridgehead atoms. The van der Waals surface area contributed by atoms with Crippen molar-refractivity contribution in [3.63, 3.8) is 0 Å². The molecule has 1 aromatic carbocycles. The van der Waals surface area contributed by atoms with Crippen molar-refractivity contribution in [2.45, 2.75) is 19.0 Å². The Kier molecular flexibility index (Phi) is 4.10. The molecule has 1 aliphatic rings. The lowest BCUT2D eigenvalue weighted by Gasteiger charge is -2.23. The van der Waals surface area contributed by atoms with E-state index in [1.54, 1.807) is 13.2 Å². The highest BCUT2D eigenvalue weighted by Crippen LogP contribution is 2.33. The molecule has 0 radical (unpaired) electrons. The van der Waals surface area contributed by atoms with Gasteiger partial charge in [-0.05, 0) is 29.7 Å². The van der Waals surface area contributed by atoms with Gasteiger partial charge in [-0.3, -0.25) is 4.90 Å². The summed E-state index contributed by atoms with van der Waals surface area (Å²) >= 11 is 0. The largest absolute Gasteiger partial charge is 0.385 e. The second kappa shape index (κ2) is 5.58. The molecule has 0 aliphatic carbocycles. The molecular weight excluding hydrogens is 219 g/mol. The fourth-order valence-corrected chi connectivity index (χ4v) is 2.47. The number of halogens is 1. The van der Waals surface area contributed by atoms with Gasteiger partial charge in [0.1, 0.15) is 5.82 Å². The van der Waals surface area contributed by atoms with Crippen LogP contribution in [-0.2, 0) is 11.3 Å². The van der Waals surface area contributed by atoms with E-state index >= 15 is 0 Å². The Bertz CT molecular complexity index is 384. The monoisotopic (exact) mass is 238 g/mol. The summed E-state index contributed by atoms with van der Waals surface area (Å²) in [6, 6.07) is 5.15. The summed E-state index contributed by atoms with van der Waals surface area (Å²) in [5, 5.41) is 0. The molecule has 0 spiro atoms. The molecule has 1 unspecified atom stereocenters. The quantitative estimate of drug-likeness (QED) is 0.793. The third kappa shape index (κ3) is 2.65. The van der Waals surface area contributed by atoms with Crippen LogP contribution in [0.2, 0.25) is 0 Å². The molecule has 1 heterocycles. The lowest BCUT2D eigenvalue weighted by atomic mass is 10.0. The first-order valence-corrected chi connectivity index (χ1v) is 5.97. The van der Waals surface area contributed by atoms with Crippen LogP contribution in [0.15, 0.2) is 18.2 Å². The Morgan fingerprint density at radius 2 is 2.35 bits per heavy atom. The van der Waals surface area contributed by atoms with Crippen LogP contribution in [0, 0.1) is 5.82 Å². The van der Waals surface area contributed by atoms with Gasteiger partial charge in [-0.25, -0.2) is 4.39 Å². The zero-order chi connectivity index (χ0) is 12.3. The Balaban J connectivity index is 2.08. The molecule has 4 heteroatoms. The minimum Gasteiger partial charge on any atom is -0.385 e. The molecule has 94 valence electrons. The molecule has 0 amide bonds. The van der Waals surface area contributed by atoms with Gasteiger partial charge in [-0.2, -0.15) is 0 Å². The highest BCUT2D eigenvalue weighted by Gasteiger charge is 2.28. The molecule has 0 saturated carbocycles. The van der Waals surface area contributed by atoms with Crippen molar-refractivity contribution in [2.24, 2.45) is 5.73 Å². The van der Waals surface area contributed by atoms with Gasteiger partial charge >= 0.3 is 0 Å². The molecule has 1 atom stereocenters. The minimum absolute atomic E-state index is 0.151. The first kappa shape index (κ1) is 12.5. The maximum absolute atomic E-state index is 13.2. The smallest absolute Gasteiger partial charge is 0.123 e. The topological polar surface area (TPSA) is 38.5 Å². The van der Waals surface area contributed by atoms with Gasteiger partial charge in [-0.15, -0.1) is 0 Å². The second-order valence-corrected chi connectivity index (χ2v) is 4.41. The van der Waals surface area contributed by atoms with E-state index in [4.69, 9.17) is 10.5 Å². The van der Waals surface area contributed by atoms with Crippen molar-refractivity contribution in [3.8, 4) is 0 Å². The number of hydrogen-bond acceptors (Lipinski definition) is 3. The Morgan fingerprint density at radius 3 is 3.06 bits per heavy atom. The van der Waals surface area contributed by atoms with Gasteiger partial charge in [0.15, 0.2) is 0 Å². The van der Waals surface area contributed by atoms with Crippen molar-refractivity contribution in [1.29, 1.82) is 0 Å². The second-order valence-electron chi connectivity index (χ2n) is 4.41. The number of hydrogen-bond donors (Lipinski definition) is 1. The first-order valence-electron chi connectivity index (χ1n) is 5.97. The Labute approximate surface area is 101 Å². The fraction of sp³-hybridized carbons (Fsp3) is 0.538. The van der Waals surface area contributed by atoms with E-state index in [2.05, 4.69) is 4.90 Å². The summed E-state index contributed by atoms with van der Waals surface area (Å²) < 4.78 is 18.3. The summed E-state index contributed by atoms with van der Waals surface area (Å²) in [6.07, 6.45) is 0.976. The molecule has 1 aliphatic heterocycles. The van der Waals surface area contributed by atoms with E-state index in [-0.39, 0.29) is 11.9 Å². The zero-order valence-corrected chi connectivity index (χ0v) is 10.2. The molecule has 17 heavy (non-hydrogen) atoms. The van der Waals surface area contributed by atoms with Crippen LogP contribution in [0.25, 0.3) is 0 Å². The van der Waals surface area contributed by atoms with Crippen LogP contribution in [-0.4, -0.2) is 31.7 Å². The van der Waals surface area contributed by atoms with Crippen molar-refractivity contribution in [3.05, 3.63) is 35.1 Å². The van der Waals surface area contributed by atoms with Gasteiger partial charge in [-0.1, -0.05) is 6.07 Å². The number of rotatable bonds is 5. The first-order chi connectivity index (χ1) is 8.26. The maximum atomic E-state index is 13.2. The normalized spacial score (nSPS) is 19.6. The van der Waals surface area contributed by atoms with Gasteiger partial charge in [0.25, 0.3) is 0 Å². The highest BCUT2D eigenvalue weighted by molar-refractivity contribution is 5.34. The van der Waals surface area contributed by atoms with E-state index in [0.29, 0.717) is 6.54 Å². The van der Waals surface area contributed by atoms with Crippen molar-refractivity contribution in [2.75, 3.05) is 26.8 Å². The standard InChI is InChI=1S/C13H19FN2O/c1-17-6-2-5-16-9-10-3-4-11(14)7-12(10)13(16)8-15/h3-4,7,13H,2,5-6,8-9,15H2,1H3. The van der Waals surface area contributed by atoms with Crippen LogP contribution < -0.4 is 5.73 Å². The van der Waals surface area contributed by atoms with Crippen LogP contribution in [0.3, 0.4) is 0 Å². The molecule has 1 aromatic rings. The molecule has 0 aromatic heterocycles. The summed E-state index contributed by atoms with van der Waals surface area (Å²) in [7, 11) is 1.70. The predicted octanol–water partition coefficient (Wildman–Crippen LogP) is 1.68. The summed E-state index contributed by atoms with van der Waals surface area (Å²) in [4.78, 5) is 2.29. The number of nitrogens with two attached hydrogens (primary N) is 1. The summed E-state index contributed by atoms with van der Waals surface area (Å²) in [5.74, 6) is -0.180. The van der Waals surface area contributed by atoms with Crippen molar-refractivity contribution < 1.29 is 9.13 Å². The van der Waals surface area contributed by atoms with E-state index in [0.717, 1.165) is 31.7 Å². The lowest BCUT2D eigenvalue weighted by Crippen LogP contribution is -2.29. The molecule has 2 N–H and O–H groups in total. The molecular formula is C13H19FN2O. The third-order valence-corrected chi connectivity index (χ3v) is 3.30. The number of methoxy groups -OCH3 is 1. The van der Waals surface area contributed by atoms with Crippen LogP contribution in [0.4, 0.5) is 4.39 Å². The van der Waals surface area contributed by atoms with Gasteiger partial charge in [0.2, 0.25) is 0 Å². The molecule has 3 nitrogen and oxygen atoms in total. The number of nitrogens with zero attached hydrogens (tertiary/aromatic N) is 1. The average Bonchev–Trinajstić information content (AvgIpc) is 2.66. The Hall–Kier alpha value is -0.970.